The molecule has 2 aromatic rings. The van der Waals surface area contributed by atoms with Crippen molar-refractivity contribution in [2.24, 2.45) is 0 Å². The Hall–Kier alpha value is -3.26. The van der Waals surface area contributed by atoms with E-state index in [0.29, 0.717) is 32.4 Å². The molecule has 1 aliphatic rings. The van der Waals surface area contributed by atoms with Crippen LogP contribution in [0.3, 0.4) is 0 Å². The summed E-state index contributed by atoms with van der Waals surface area (Å²) in [6, 6.07) is 13.3. The molecule has 34 heavy (non-hydrogen) atoms. The fourth-order valence-corrected chi connectivity index (χ4v) is 3.68. The van der Waals surface area contributed by atoms with E-state index in [9.17, 15) is 14.4 Å². The molecule has 2 heterocycles. The first-order chi connectivity index (χ1) is 16.5. The zero-order valence-electron chi connectivity index (χ0n) is 19.9. The van der Waals surface area contributed by atoms with Gasteiger partial charge in [0.05, 0.1) is 0 Å². The smallest absolute Gasteiger partial charge is 0.253 e. The molecule has 1 aromatic heterocycles. The van der Waals surface area contributed by atoms with Gasteiger partial charge in [0.25, 0.3) is 11.8 Å². The first-order valence-electron chi connectivity index (χ1n) is 12.0. The van der Waals surface area contributed by atoms with Crippen LogP contribution in [0.1, 0.15) is 43.5 Å². The van der Waals surface area contributed by atoms with Crippen molar-refractivity contribution < 1.29 is 19.1 Å². The number of benzene rings is 1. The van der Waals surface area contributed by atoms with E-state index >= 15 is 0 Å². The van der Waals surface area contributed by atoms with Gasteiger partial charge < -0.3 is 20.7 Å². The van der Waals surface area contributed by atoms with Crippen LogP contribution in [0.25, 0.3) is 0 Å². The quantitative estimate of drug-likeness (QED) is 0.389. The molecule has 0 unspecified atom stereocenters. The Morgan fingerprint density at radius 2 is 1.62 bits per heavy atom. The van der Waals surface area contributed by atoms with Gasteiger partial charge in [-0.1, -0.05) is 50.6 Å². The topological polar surface area (TPSA) is 113 Å². The second kappa shape index (κ2) is 12.8. The lowest BCUT2D eigenvalue weighted by atomic mass is 10.1. The number of pyridine rings is 1. The second-order valence-corrected chi connectivity index (χ2v) is 8.40. The van der Waals surface area contributed by atoms with Crippen LogP contribution in [0.2, 0.25) is 0 Å². The van der Waals surface area contributed by atoms with Gasteiger partial charge in [0.1, 0.15) is 6.04 Å². The normalized spacial score (nSPS) is 17.5. The van der Waals surface area contributed by atoms with Crippen LogP contribution in [0, 0.1) is 0 Å². The highest BCUT2D eigenvalue weighted by Gasteiger charge is 2.50. The van der Waals surface area contributed by atoms with Gasteiger partial charge >= 0.3 is 0 Å². The lowest BCUT2D eigenvalue weighted by molar-refractivity contribution is -0.129. The molecule has 0 aliphatic carbocycles. The minimum Gasteiger partial charge on any atom is -0.354 e. The van der Waals surface area contributed by atoms with Crippen molar-refractivity contribution in [2.75, 3.05) is 13.1 Å². The predicted octanol–water partition coefficient (Wildman–Crippen LogP) is 1.71. The third-order valence-electron chi connectivity index (χ3n) is 5.77. The third kappa shape index (κ3) is 7.66. The Morgan fingerprint density at radius 3 is 2.29 bits per heavy atom. The maximum atomic E-state index is 12.6. The summed E-state index contributed by atoms with van der Waals surface area (Å²) in [7, 11) is 0. The molecule has 1 aromatic carbocycles. The number of aromatic nitrogens is 1. The summed E-state index contributed by atoms with van der Waals surface area (Å²) in [6.07, 6.45) is 3.58. The van der Waals surface area contributed by atoms with Crippen LogP contribution < -0.4 is 16.0 Å². The molecule has 0 bridgehead atoms. The van der Waals surface area contributed by atoms with E-state index in [4.69, 9.17) is 4.74 Å². The zero-order valence-corrected chi connectivity index (χ0v) is 19.9. The molecule has 1 saturated heterocycles. The van der Waals surface area contributed by atoms with E-state index in [2.05, 4.69) is 52.1 Å². The summed E-state index contributed by atoms with van der Waals surface area (Å²) in [5.74, 6) is -0.993. The molecule has 182 valence electrons. The van der Waals surface area contributed by atoms with Crippen molar-refractivity contribution in [2.45, 2.75) is 64.2 Å². The Balaban J connectivity index is 1.38. The summed E-state index contributed by atoms with van der Waals surface area (Å²) < 4.78 is 5.31. The Labute approximate surface area is 200 Å². The molecular formula is C26H34N4O4. The summed E-state index contributed by atoms with van der Waals surface area (Å²) in [5.41, 5.74) is 3.30. The number of rotatable bonds is 13. The highest BCUT2D eigenvalue weighted by Crippen LogP contribution is 2.22. The largest absolute Gasteiger partial charge is 0.354 e. The number of carbonyl (C=O) groups is 3. The van der Waals surface area contributed by atoms with E-state index in [0.717, 1.165) is 24.1 Å². The molecule has 0 saturated carbocycles. The van der Waals surface area contributed by atoms with Gasteiger partial charge in [-0.15, -0.1) is 0 Å². The fourth-order valence-electron chi connectivity index (χ4n) is 3.68. The SMILES string of the molecule is CCC[C@H](NC(=O)[C@@H]1O[C@H]1C(=O)NCCc1ccc(CC)cc1)C(=O)NCCc1ccccn1. The van der Waals surface area contributed by atoms with Gasteiger partial charge in [-0.25, -0.2) is 0 Å². The number of carbonyl (C=O) groups excluding carboxylic acids is 3. The standard InChI is InChI=1S/C26H34N4O4/c1-3-7-21(24(31)28-17-14-20-8-5-6-15-27-20)30-26(33)23-22(34-23)25(32)29-16-13-19-11-9-18(4-2)10-12-19/h5-6,8-12,15,21-23H,3-4,7,13-14,16-17H2,1-2H3,(H,28,31)(H,29,32)(H,30,33)/t21-,22+,23+/m0/s1. The zero-order chi connectivity index (χ0) is 24.3. The number of aryl methyl sites for hydroxylation is 1. The summed E-state index contributed by atoms with van der Waals surface area (Å²) in [5, 5.41) is 8.41. The maximum Gasteiger partial charge on any atom is 0.253 e. The summed E-state index contributed by atoms with van der Waals surface area (Å²) in [4.78, 5) is 41.7. The van der Waals surface area contributed by atoms with Crippen LogP contribution in [0.4, 0.5) is 0 Å². The van der Waals surface area contributed by atoms with Crippen molar-refractivity contribution in [3.63, 3.8) is 0 Å². The molecular weight excluding hydrogens is 432 g/mol. The van der Waals surface area contributed by atoms with E-state index in [1.807, 2.05) is 25.1 Å². The molecule has 0 spiro atoms. The summed E-state index contributed by atoms with van der Waals surface area (Å²) >= 11 is 0. The van der Waals surface area contributed by atoms with Gasteiger partial charge in [-0.2, -0.15) is 0 Å². The van der Waals surface area contributed by atoms with Crippen LogP contribution >= 0.6 is 0 Å². The lowest BCUT2D eigenvalue weighted by Gasteiger charge is -2.17. The number of hydrogen-bond acceptors (Lipinski definition) is 5. The molecule has 3 atom stereocenters. The number of amides is 3. The Kier molecular flexibility index (Phi) is 9.58. The van der Waals surface area contributed by atoms with Gasteiger partial charge in [0.2, 0.25) is 5.91 Å². The Bertz CT molecular complexity index is 949. The molecule has 1 aliphatic heterocycles. The predicted molar refractivity (Wildman–Crippen MR) is 129 cm³/mol. The first-order valence-corrected chi connectivity index (χ1v) is 12.0. The van der Waals surface area contributed by atoms with Crippen molar-refractivity contribution in [3.05, 3.63) is 65.5 Å². The van der Waals surface area contributed by atoms with Crippen LogP contribution in [0.5, 0.6) is 0 Å². The third-order valence-corrected chi connectivity index (χ3v) is 5.77. The fraction of sp³-hybridized carbons (Fsp3) is 0.462. The molecule has 3 N–H and O–H groups in total. The molecule has 3 amide bonds. The average molecular weight is 467 g/mol. The highest BCUT2D eigenvalue weighted by atomic mass is 16.6. The van der Waals surface area contributed by atoms with Crippen LogP contribution in [0.15, 0.2) is 48.7 Å². The van der Waals surface area contributed by atoms with Crippen molar-refractivity contribution in [3.8, 4) is 0 Å². The number of epoxide rings is 1. The first kappa shape index (κ1) is 25.4. The van der Waals surface area contributed by atoms with E-state index in [1.165, 1.54) is 5.56 Å². The number of hydrogen-bond donors (Lipinski definition) is 3. The monoisotopic (exact) mass is 466 g/mol. The maximum absolute atomic E-state index is 12.6. The van der Waals surface area contributed by atoms with Gasteiger partial charge in [-0.05, 0) is 42.5 Å². The Morgan fingerprint density at radius 1 is 0.912 bits per heavy atom. The van der Waals surface area contributed by atoms with Crippen molar-refractivity contribution >= 4 is 17.7 Å². The minimum atomic E-state index is -0.857. The number of nitrogens with one attached hydrogen (secondary N) is 3. The van der Waals surface area contributed by atoms with Crippen molar-refractivity contribution in [1.29, 1.82) is 0 Å². The van der Waals surface area contributed by atoms with Gasteiger partial charge in [0, 0.05) is 31.4 Å². The number of ether oxygens (including phenoxy) is 1. The molecule has 8 nitrogen and oxygen atoms in total. The van der Waals surface area contributed by atoms with Crippen molar-refractivity contribution in [1.82, 2.24) is 20.9 Å². The van der Waals surface area contributed by atoms with E-state index in [-0.39, 0.29) is 11.8 Å². The van der Waals surface area contributed by atoms with E-state index in [1.54, 1.807) is 6.20 Å². The summed E-state index contributed by atoms with van der Waals surface area (Å²) in [6.45, 7) is 4.95. The molecule has 3 rings (SSSR count). The molecule has 0 radical (unpaired) electrons. The van der Waals surface area contributed by atoms with Crippen LogP contribution in [-0.2, 0) is 38.4 Å². The minimum absolute atomic E-state index is 0.248. The average Bonchev–Trinajstić information content (AvgIpc) is 3.66. The molecule has 1 fully saturated rings. The van der Waals surface area contributed by atoms with Gasteiger partial charge in [0.15, 0.2) is 12.2 Å². The lowest BCUT2D eigenvalue weighted by Crippen LogP contribution is -2.49. The highest BCUT2D eigenvalue weighted by molar-refractivity contribution is 5.97. The van der Waals surface area contributed by atoms with Crippen LogP contribution in [-0.4, -0.2) is 54.0 Å². The molecule has 8 heteroatoms. The van der Waals surface area contributed by atoms with E-state index < -0.39 is 24.2 Å². The number of nitrogens with zero attached hydrogens (tertiary/aromatic N) is 1. The second-order valence-electron chi connectivity index (χ2n) is 8.40. The van der Waals surface area contributed by atoms with Gasteiger partial charge in [-0.3, -0.25) is 19.4 Å².